The standard InChI is InChI=1S/C15H22IN/c1-11(2)12-6-8-14(9-7-12)17-15-5-3-4-13(16)10-15/h3-5,10-12,14,17H,6-9H2,1-2H3. The van der Waals surface area contributed by atoms with Crippen molar-refractivity contribution in [3.05, 3.63) is 27.8 Å². The van der Waals surface area contributed by atoms with Gasteiger partial charge in [-0.05, 0) is 78.3 Å². The number of benzene rings is 1. The lowest BCUT2D eigenvalue weighted by atomic mass is 9.79. The summed E-state index contributed by atoms with van der Waals surface area (Å²) < 4.78 is 1.31. The molecule has 0 spiro atoms. The molecule has 17 heavy (non-hydrogen) atoms. The first-order valence-corrected chi connectivity index (χ1v) is 7.75. The Morgan fingerprint density at radius 2 is 1.88 bits per heavy atom. The summed E-state index contributed by atoms with van der Waals surface area (Å²) in [6, 6.07) is 9.36. The Hall–Kier alpha value is -0.250. The highest BCUT2D eigenvalue weighted by atomic mass is 127. The van der Waals surface area contributed by atoms with E-state index < -0.39 is 0 Å². The fraction of sp³-hybridized carbons (Fsp3) is 0.600. The SMILES string of the molecule is CC(C)C1CCC(Nc2cccc(I)c2)CC1. The van der Waals surface area contributed by atoms with E-state index in [1.807, 2.05) is 0 Å². The van der Waals surface area contributed by atoms with Crippen LogP contribution in [-0.4, -0.2) is 6.04 Å². The summed E-state index contributed by atoms with van der Waals surface area (Å²) in [6.07, 6.45) is 5.43. The summed E-state index contributed by atoms with van der Waals surface area (Å²) in [4.78, 5) is 0. The minimum Gasteiger partial charge on any atom is -0.382 e. The average Bonchev–Trinajstić information content (AvgIpc) is 2.29. The minimum atomic E-state index is 0.684. The van der Waals surface area contributed by atoms with Gasteiger partial charge in [0.2, 0.25) is 0 Å². The van der Waals surface area contributed by atoms with Crippen LogP contribution in [0, 0.1) is 15.4 Å². The molecule has 1 aliphatic rings. The van der Waals surface area contributed by atoms with Crippen molar-refractivity contribution < 1.29 is 0 Å². The van der Waals surface area contributed by atoms with Crippen molar-refractivity contribution in [2.75, 3.05) is 5.32 Å². The van der Waals surface area contributed by atoms with Crippen molar-refractivity contribution in [1.29, 1.82) is 0 Å². The van der Waals surface area contributed by atoms with Gasteiger partial charge in [0.1, 0.15) is 0 Å². The molecule has 1 saturated carbocycles. The van der Waals surface area contributed by atoms with Crippen LogP contribution in [0.15, 0.2) is 24.3 Å². The first-order chi connectivity index (χ1) is 8.15. The third-order valence-corrected chi connectivity index (χ3v) is 4.58. The molecule has 1 aromatic rings. The van der Waals surface area contributed by atoms with Crippen LogP contribution in [0.5, 0.6) is 0 Å². The molecule has 0 bridgehead atoms. The van der Waals surface area contributed by atoms with E-state index in [-0.39, 0.29) is 0 Å². The van der Waals surface area contributed by atoms with Gasteiger partial charge in [0.15, 0.2) is 0 Å². The van der Waals surface area contributed by atoms with E-state index in [0.29, 0.717) is 6.04 Å². The molecule has 0 saturated heterocycles. The predicted molar refractivity (Wildman–Crippen MR) is 83.4 cm³/mol. The van der Waals surface area contributed by atoms with Crippen molar-refractivity contribution in [2.45, 2.75) is 45.6 Å². The van der Waals surface area contributed by atoms with Gasteiger partial charge in [-0.25, -0.2) is 0 Å². The van der Waals surface area contributed by atoms with Gasteiger partial charge in [-0.3, -0.25) is 0 Å². The van der Waals surface area contributed by atoms with Crippen molar-refractivity contribution in [3.63, 3.8) is 0 Å². The molecule has 0 amide bonds. The first-order valence-electron chi connectivity index (χ1n) is 6.67. The first kappa shape index (κ1) is 13.2. The van der Waals surface area contributed by atoms with Crippen molar-refractivity contribution in [3.8, 4) is 0 Å². The zero-order valence-corrected chi connectivity index (χ0v) is 12.9. The van der Waals surface area contributed by atoms with Crippen LogP contribution in [0.25, 0.3) is 0 Å². The minimum absolute atomic E-state index is 0.684. The molecule has 0 atom stereocenters. The van der Waals surface area contributed by atoms with E-state index in [0.717, 1.165) is 11.8 Å². The topological polar surface area (TPSA) is 12.0 Å². The molecule has 0 aliphatic heterocycles. The molecular weight excluding hydrogens is 321 g/mol. The van der Waals surface area contributed by atoms with Gasteiger partial charge in [-0.1, -0.05) is 19.9 Å². The highest BCUT2D eigenvalue weighted by Gasteiger charge is 2.22. The smallest absolute Gasteiger partial charge is 0.0352 e. The lowest BCUT2D eigenvalue weighted by molar-refractivity contribution is 0.267. The molecule has 2 heteroatoms. The van der Waals surface area contributed by atoms with Crippen LogP contribution in [0.2, 0.25) is 0 Å². The number of hydrogen-bond donors (Lipinski definition) is 1. The second-order valence-corrected chi connectivity index (χ2v) is 6.76. The van der Waals surface area contributed by atoms with Crippen LogP contribution in [-0.2, 0) is 0 Å². The van der Waals surface area contributed by atoms with Gasteiger partial charge < -0.3 is 5.32 Å². The molecule has 1 fully saturated rings. The molecule has 0 radical (unpaired) electrons. The highest BCUT2D eigenvalue weighted by molar-refractivity contribution is 14.1. The van der Waals surface area contributed by atoms with Gasteiger partial charge in [-0.15, -0.1) is 0 Å². The largest absolute Gasteiger partial charge is 0.382 e. The summed E-state index contributed by atoms with van der Waals surface area (Å²) in [6.45, 7) is 4.72. The Kier molecular flexibility index (Phi) is 4.71. The van der Waals surface area contributed by atoms with Crippen LogP contribution < -0.4 is 5.32 Å². The Bertz CT molecular complexity index is 354. The Morgan fingerprint density at radius 3 is 2.47 bits per heavy atom. The van der Waals surface area contributed by atoms with E-state index in [1.165, 1.54) is 34.9 Å². The fourth-order valence-corrected chi connectivity index (χ4v) is 3.29. The number of halogens is 1. The summed E-state index contributed by atoms with van der Waals surface area (Å²) in [5.41, 5.74) is 1.28. The summed E-state index contributed by atoms with van der Waals surface area (Å²) in [5.74, 6) is 1.80. The molecular formula is C15H22IN. The van der Waals surface area contributed by atoms with Gasteiger partial charge in [0.05, 0.1) is 0 Å². The Balaban J connectivity index is 1.86. The zero-order chi connectivity index (χ0) is 12.3. The molecule has 2 rings (SSSR count). The maximum absolute atomic E-state index is 3.68. The molecule has 1 aromatic carbocycles. The van der Waals surface area contributed by atoms with Crippen LogP contribution in [0.3, 0.4) is 0 Å². The molecule has 0 heterocycles. The van der Waals surface area contributed by atoms with E-state index in [1.54, 1.807) is 0 Å². The van der Waals surface area contributed by atoms with Gasteiger partial charge >= 0.3 is 0 Å². The van der Waals surface area contributed by atoms with Crippen LogP contribution >= 0.6 is 22.6 Å². The molecule has 1 N–H and O–H groups in total. The van der Waals surface area contributed by atoms with Gasteiger partial charge in [0.25, 0.3) is 0 Å². The zero-order valence-electron chi connectivity index (χ0n) is 10.7. The lowest BCUT2D eigenvalue weighted by Crippen LogP contribution is -2.27. The average molecular weight is 343 g/mol. The monoisotopic (exact) mass is 343 g/mol. The van der Waals surface area contributed by atoms with E-state index in [2.05, 4.69) is 66.0 Å². The third-order valence-electron chi connectivity index (χ3n) is 3.91. The number of hydrogen-bond acceptors (Lipinski definition) is 1. The van der Waals surface area contributed by atoms with E-state index in [4.69, 9.17) is 0 Å². The molecule has 0 aromatic heterocycles. The Labute approximate surface area is 119 Å². The fourth-order valence-electron chi connectivity index (χ4n) is 2.74. The number of nitrogens with one attached hydrogen (secondary N) is 1. The van der Waals surface area contributed by atoms with Crippen LogP contribution in [0.4, 0.5) is 5.69 Å². The Morgan fingerprint density at radius 1 is 1.18 bits per heavy atom. The summed E-state index contributed by atoms with van der Waals surface area (Å²) in [7, 11) is 0. The van der Waals surface area contributed by atoms with Crippen molar-refractivity contribution >= 4 is 28.3 Å². The van der Waals surface area contributed by atoms with Gasteiger partial charge in [-0.2, -0.15) is 0 Å². The van der Waals surface area contributed by atoms with Crippen molar-refractivity contribution in [1.82, 2.24) is 0 Å². The van der Waals surface area contributed by atoms with E-state index in [9.17, 15) is 0 Å². The number of anilines is 1. The summed E-state index contributed by atoms with van der Waals surface area (Å²) >= 11 is 2.37. The molecule has 1 aliphatic carbocycles. The predicted octanol–water partition coefficient (Wildman–Crippen LogP) is 4.92. The maximum Gasteiger partial charge on any atom is 0.0352 e. The van der Waals surface area contributed by atoms with E-state index >= 15 is 0 Å². The normalized spacial score (nSPS) is 24.9. The molecule has 94 valence electrons. The second-order valence-electron chi connectivity index (χ2n) is 5.51. The molecule has 0 unspecified atom stereocenters. The van der Waals surface area contributed by atoms with Crippen LogP contribution in [0.1, 0.15) is 39.5 Å². The third kappa shape index (κ3) is 3.87. The quantitative estimate of drug-likeness (QED) is 0.769. The van der Waals surface area contributed by atoms with Gasteiger partial charge in [0, 0.05) is 15.3 Å². The lowest BCUT2D eigenvalue weighted by Gasteiger charge is -2.31. The number of rotatable bonds is 3. The second kappa shape index (κ2) is 6.07. The van der Waals surface area contributed by atoms with Crippen molar-refractivity contribution in [2.24, 2.45) is 11.8 Å². The highest BCUT2D eigenvalue weighted by Crippen LogP contribution is 2.31. The molecule has 1 nitrogen and oxygen atoms in total. The maximum atomic E-state index is 3.68. The summed E-state index contributed by atoms with van der Waals surface area (Å²) in [5, 5.41) is 3.68.